The molecule has 0 amide bonds. The first-order valence-corrected chi connectivity index (χ1v) is 8.10. The van der Waals surface area contributed by atoms with Crippen LogP contribution in [0.25, 0.3) is 0 Å². The van der Waals surface area contributed by atoms with Crippen molar-refractivity contribution in [3.05, 3.63) is 0 Å². The van der Waals surface area contributed by atoms with Gasteiger partial charge in [0.2, 0.25) is 0 Å². The Labute approximate surface area is 114 Å². The summed E-state index contributed by atoms with van der Waals surface area (Å²) in [4.78, 5) is 2.79. The van der Waals surface area contributed by atoms with Crippen molar-refractivity contribution in [3.8, 4) is 0 Å². The van der Waals surface area contributed by atoms with Gasteiger partial charge in [0.15, 0.2) is 0 Å². The Kier molecular flexibility index (Phi) is 5.08. The van der Waals surface area contributed by atoms with E-state index in [1.807, 2.05) is 0 Å². The molecule has 2 heteroatoms. The van der Waals surface area contributed by atoms with Crippen molar-refractivity contribution < 1.29 is 0 Å². The van der Waals surface area contributed by atoms with Gasteiger partial charge in [-0.1, -0.05) is 26.2 Å². The second-order valence-electron chi connectivity index (χ2n) is 6.78. The summed E-state index contributed by atoms with van der Waals surface area (Å²) in [6.07, 6.45) is 11.3. The lowest BCUT2D eigenvalue weighted by molar-refractivity contribution is 0.101. The lowest BCUT2D eigenvalue weighted by Gasteiger charge is -2.42. The maximum Gasteiger partial charge on any atom is 0.0174 e. The molecule has 0 spiro atoms. The Hall–Kier alpha value is -0.0800. The zero-order chi connectivity index (χ0) is 13.0. The van der Waals surface area contributed by atoms with Gasteiger partial charge in [-0.3, -0.25) is 0 Å². The van der Waals surface area contributed by atoms with Crippen LogP contribution in [-0.4, -0.2) is 36.6 Å². The number of nitrogens with one attached hydrogen (secondary N) is 1. The summed E-state index contributed by atoms with van der Waals surface area (Å²) in [6, 6.07) is 0.892. The van der Waals surface area contributed by atoms with E-state index in [-0.39, 0.29) is 0 Å². The van der Waals surface area contributed by atoms with E-state index in [1.54, 1.807) is 0 Å². The van der Waals surface area contributed by atoms with Crippen molar-refractivity contribution >= 4 is 0 Å². The summed E-state index contributed by atoms with van der Waals surface area (Å²) >= 11 is 0. The fourth-order valence-electron chi connectivity index (χ4n) is 3.77. The van der Waals surface area contributed by atoms with Crippen molar-refractivity contribution in [3.63, 3.8) is 0 Å². The van der Waals surface area contributed by atoms with Crippen LogP contribution < -0.4 is 5.32 Å². The molecule has 2 unspecified atom stereocenters. The fraction of sp³-hybridized carbons (Fsp3) is 1.00. The molecule has 2 nitrogen and oxygen atoms in total. The highest BCUT2D eigenvalue weighted by molar-refractivity contribution is 4.90. The van der Waals surface area contributed by atoms with Gasteiger partial charge in [0, 0.05) is 24.7 Å². The standard InChI is InChI=1S/C16H32N2/c1-4-14-6-5-7-15(9-8-14)18-12-10-16(2,17-3)11-13-18/h14-15,17H,4-13H2,1-3H3. The number of hydrogen-bond donors (Lipinski definition) is 1. The Balaban J connectivity index is 1.82. The average Bonchev–Trinajstić information content (AvgIpc) is 2.65. The van der Waals surface area contributed by atoms with Crippen LogP contribution in [0.15, 0.2) is 0 Å². The van der Waals surface area contributed by atoms with Crippen molar-refractivity contribution in [1.29, 1.82) is 0 Å². The highest BCUT2D eigenvalue weighted by atomic mass is 15.2. The first kappa shape index (κ1) is 14.3. The van der Waals surface area contributed by atoms with Crippen LogP contribution in [0, 0.1) is 5.92 Å². The van der Waals surface area contributed by atoms with E-state index in [0.717, 1.165) is 12.0 Å². The monoisotopic (exact) mass is 252 g/mol. The van der Waals surface area contributed by atoms with Crippen molar-refractivity contribution in [1.82, 2.24) is 10.2 Å². The highest BCUT2D eigenvalue weighted by Gasteiger charge is 2.32. The first-order chi connectivity index (χ1) is 8.67. The maximum absolute atomic E-state index is 3.51. The van der Waals surface area contributed by atoms with Gasteiger partial charge in [0.05, 0.1) is 0 Å². The van der Waals surface area contributed by atoms with Crippen LogP contribution in [0.3, 0.4) is 0 Å². The Bertz CT molecular complexity index is 243. The van der Waals surface area contributed by atoms with E-state index < -0.39 is 0 Å². The molecule has 1 saturated carbocycles. The molecular formula is C16H32N2. The largest absolute Gasteiger partial charge is 0.314 e. The minimum Gasteiger partial charge on any atom is -0.314 e. The number of likely N-dealkylation sites (tertiary alicyclic amines) is 1. The fourth-order valence-corrected chi connectivity index (χ4v) is 3.77. The van der Waals surface area contributed by atoms with Gasteiger partial charge in [0.1, 0.15) is 0 Å². The summed E-state index contributed by atoms with van der Waals surface area (Å²) in [5.74, 6) is 1.02. The molecule has 1 N–H and O–H groups in total. The number of nitrogens with zero attached hydrogens (tertiary/aromatic N) is 1. The quantitative estimate of drug-likeness (QED) is 0.774. The molecule has 0 aromatic carbocycles. The predicted molar refractivity (Wildman–Crippen MR) is 78.9 cm³/mol. The molecule has 2 rings (SSSR count). The van der Waals surface area contributed by atoms with Gasteiger partial charge in [-0.25, -0.2) is 0 Å². The number of piperidine rings is 1. The Morgan fingerprint density at radius 1 is 1.11 bits per heavy atom. The molecule has 106 valence electrons. The van der Waals surface area contributed by atoms with Crippen LogP contribution in [0.4, 0.5) is 0 Å². The molecule has 0 radical (unpaired) electrons. The molecule has 1 saturated heterocycles. The first-order valence-electron chi connectivity index (χ1n) is 8.10. The molecule has 0 bridgehead atoms. The van der Waals surface area contributed by atoms with Gasteiger partial charge >= 0.3 is 0 Å². The molecule has 1 aliphatic carbocycles. The van der Waals surface area contributed by atoms with E-state index in [2.05, 4.69) is 31.1 Å². The lowest BCUT2D eigenvalue weighted by Crippen LogP contribution is -2.52. The second kappa shape index (κ2) is 6.38. The summed E-state index contributed by atoms with van der Waals surface area (Å²) < 4.78 is 0. The van der Waals surface area contributed by atoms with Crippen LogP contribution in [0.5, 0.6) is 0 Å². The zero-order valence-corrected chi connectivity index (χ0v) is 12.7. The molecule has 0 aromatic heterocycles. The Morgan fingerprint density at radius 3 is 2.44 bits per heavy atom. The van der Waals surface area contributed by atoms with E-state index in [1.165, 1.54) is 64.5 Å². The molecule has 2 atom stereocenters. The van der Waals surface area contributed by atoms with E-state index >= 15 is 0 Å². The normalized spacial score (nSPS) is 34.2. The maximum atomic E-state index is 3.51. The van der Waals surface area contributed by atoms with E-state index in [9.17, 15) is 0 Å². The van der Waals surface area contributed by atoms with Crippen LogP contribution in [-0.2, 0) is 0 Å². The smallest absolute Gasteiger partial charge is 0.0174 e. The van der Waals surface area contributed by atoms with Gasteiger partial charge in [0.25, 0.3) is 0 Å². The molecule has 2 aliphatic rings. The predicted octanol–water partition coefficient (Wildman–Crippen LogP) is 3.42. The van der Waals surface area contributed by atoms with E-state index in [0.29, 0.717) is 5.54 Å². The van der Waals surface area contributed by atoms with E-state index in [4.69, 9.17) is 0 Å². The SMILES string of the molecule is CCC1CCCC(N2CCC(C)(NC)CC2)CC1. The van der Waals surface area contributed by atoms with Gasteiger partial charge in [-0.05, 0) is 52.0 Å². The van der Waals surface area contributed by atoms with Gasteiger partial charge < -0.3 is 10.2 Å². The molecule has 18 heavy (non-hydrogen) atoms. The third kappa shape index (κ3) is 3.48. The highest BCUT2D eigenvalue weighted by Crippen LogP contribution is 2.31. The van der Waals surface area contributed by atoms with Gasteiger partial charge in [-0.15, -0.1) is 0 Å². The molecule has 1 aliphatic heterocycles. The topological polar surface area (TPSA) is 15.3 Å². The third-order valence-corrected chi connectivity index (χ3v) is 5.66. The summed E-state index contributed by atoms with van der Waals surface area (Å²) in [5, 5.41) is 3.51. The third-order valence-electron chi connectivity index (χ3n) is 5.66. The molecule has 2 fully saturated rings. The van der Waals surface area contributed by atoms with Crippen molar-refractivity contribution in [2.45, 2.75) is 76.8 Å². The average molecular weight is 252 g/mol. The second-order valence-corrected chi connectivity index (χ2v) is 6.78. The lowest BCUT2D eigenvalue weighted by atomic mass is 9.88. The molecular weight excluding hydrogens is 220 g/mol. The van der Waals surface area contributed by atoms with Crippen LogP contribution in [0.1, 0.15) is 65.2 Å². The minimum atomic E-state index is 0.396. The summed E-state index contributed by atoms with van der Waals surface area (Å²) in [6.45, 7) is 7.35. The minimum absolute atomic E-state index is 0.396. The number of rotatable bonds is 3. The van der Waals surface area contributed by atoms with Crippen LogP contribution >= 0.6 is 0 Å². The van der Waals surface area contributed by atoms with Crippen LogP contribution in [0.2, 0.25) is 0 Å². The molecule has 1 heterocycles. The van der Waals surface area contributed by atoms with Crippen molar-refractivity contribution in [2.24, 2.45) is 5.92 Å². The zero-order valence-electron chi connectivity index (χ0n) is 12.7. The molecule has 0 aromatic rings. The summed E-state index contributed by atoms with van der Waals surface area (Å²) in [5.41, 5.74) is 0.396. The summed E-state index contributed by atoms with van der Waals surface area (Å²) in [7, 11) is 2.12. The number of hydrogen-bond acceptors (Lipinski definition) is 2. The Morgan fingerprint density at radius 2 is 1.83 bits per heavy atom. The van der Waals surface area contributed by atoms with Crippen molar-refractivity contribution in [2.75, 3.05) is 20.1 Å². The van der Waals surface area contributed by atoms with Gasteiger partial charge in [-0.2, -0.15) is 0 Å².